The lowest BCUT2D eigenvalue weighted by Crippen LogP contribution is -2.04. The Labute approximate surface area is 127 Å². The highest BCUT2D eigenvalue weighted by molar-refractivity contribution is 7.99. The van der Waals surface area contributed by atoms with Crippen LogP contribution in [-0.4, -0.2) is 27.7 Å². The van der Waals surface area contributed by atoms with Crippen molar-refractivity contribution < 1.29 is 18.9 Å². The van der Waals surface area contributed by atoms with Crippen LogP contribution in [0.3, 0.4) is 0 Å². The van der Waals surface area contributed by atoms with E-state index in [1.54, 1.807) is 13.0 Å². The summed E-state index contributed by atoms with van der Waals surface area (Å²) < 4.78 is 9.78. The Hall–Kier alpha value is -2.13. The maximum Gasteiger partial charge on any atom is 0.396 e. The lowest BCUT2D eigenvalue weighted by atomic mass is 10.3. The molecule has 21 heavy (non-hydrogen) atoms. The Morgan fingerprint density at radius 2 is 2.29 bits per heavy atom. The first kappa shape index (κ1) is 15.3. The summed E-state index contributed by atoms with van der Waals surface area (Å²) in [6, 6.07) is 4.45. The highest BCUT2D eigenvalue weighted by atomic mass is 35.5. The summed E-state index contributed by atoms with van der Waals surface area (Å²) in [7, 11) is 0. The highest BCUT2D eigenvalue weighted by Gasteiger charge is 2.22. The summed E-state index contributed by atoms with van der Waals surface area (Å²) >= 11 is 6.63. The van der Waals surface area contributed by atoms with Crippen molar-refractivity contribution in [1.82, 2.24) is 10.2 Å². The summed E-state index contributed by atoms with van der Waals surface area (Å²) in [5, 5.41) is 18.1. The van der Waals surface area contributed by atoms with Crippen molar-refractivity contribution in [2.75, 3.05) is 6.61 Å². The monoisotopic (exact) mass is 329 g/mol. The number of rotatable bonds is 5. The molecule has 0 spiro atoms. The number of nitro benzene ring substituents is 1. The molecule has 110 valence electrons. The molecule has 10 heteroatoms. The number of ether oxygens (including phenoxy) is 1. The number of carbonyl (C=O) groups excluding carboxylic acids is 1. The van der Waals surface area contributed by atoms with Gasteiger partial charge in [0.2, 0.25) is 0 Å². The molecule has 0 N–H and O–H groups in total. The maximum absolute atomic E-state index is 11.4. The average molecular weight is 330 g/mol. The maximum atomic E-state index is 11.4. The summed E-state index contributed by atoms with van der Waals surface area (Å²) in [6.07, 6.45) is 0. The first-order valence-corrected chi connectivity index (χ1v) is 6.83. The fourth-order valence-electron chi connectivity index (χ4n) is 1.38. The van der Waals surface area contributed by atoms with Gasteiger partial charge >= 0.3 is 17.5 Å². The van der Waals surface area contributed by atoms with Crippen molar-refractivity contribution >= 4 is 35.0 Å². The molecule has 1 aromatic carbocycles. The van der Waals surface area contributed by atoms with Crippen molar-refractivity contribution in [2.45, 2.75) is 17.0 Å². The third kappa shape index (κ3) is 3.50. The first-order chi connectivity index (χ1) is 10.0. The van der Waals surface area contributed by atoms with Crippen LogP contribution < -0.4 is 0 Å². The van der Waals surface area contributed by atoms with E-state index >= 15 is 0 Å². The minimum Gasteiger partial charge on any atom is -0.459 e. The zero-order chi connectivity index (χ0) is 15.4. The van der Waals surface area contributed by atoms with Crippen LogP contribution in [0, 0.1) is 10.1 Å². The molecule has 0 saturated carbocycles. The lowest BCUT2D eigenvalue weighted by molar-refractivity contribution is -0.387. The fourth-order valence-corrected chi connectivity index (χ4v) is 2.49. The van der Waals surface area contributed by atoms with Crippen LogP contribution in [0.25, 0.3) is 0 Å². The van der Waals surface area contributed by atoms with E-state index in [1.165, 1.54) is 12.1 Å². The number of benzene rings is 1. The van der Waals surface area contributed by atoms with Gasteiger partial charge in [0.25, 0.3) is 5.22 Å². The molecule has 0 atom stereocenters. The van der Waals surface area contributed by atoms with Gasteiger partial charge in [-0.25, -0.2) is 4.79 Å². The van der Waals surface area contributed by atoms with Crippen molar-refractivity contribution in [1.29, 1.82) is 0 Å². The van der Waals surface area contributed by atoms with E-state index < -0.39 is 10.9 Å². The van der Waals surface area contributed by atoms with Crippen LogP contribution in [-0.2, 0) is 4.74 Å². The van der Waals surface area contributed by atoms with Gasteiger partial charge in [0.05, 0.1) is 16.4 Å². The molecule has 0 aliphatic carbocycles. The van der Waals surface area contributed by atoms with Gasteiger partial charge < -0.3 is 9.15 Å². The predicted octanol–water partition coefficient (Wildman–Crippen LogP) is 2.96. The van der Waals surface area contributed by atoms with Crippen LogP contribution in [0.15, 0.2) is 32.7 Å². The standard InChI is InChI=1S/C11H8ClN3O5S/c1-2-19-10(16)9-13-14-11(20-9)21-7-5-3-4-6(12)8(7)15(17)18/h3-5H,2H2,1H3. The second kappa shape index (κ2) is 6.55. The molecular weight excluding hydrogens is 322 g/mol. The third-order valence-electron chi connectivity index (χ3n) is 2.19. The lowest BCUT2D eigenvalue weighted by Gasteiger charge is -2.00. The van der Waals surface area contributed by atoms with Crippen molar-refractivity contribution in [2.24, 2.45) is 0 Å². The number of halogens is 1. The fraction of sp³-hybridized carbons (Fsp3) is 0.182. The normalized spacial score (nSPS) is 10.4. The summed E-state index contributed by atoms with van der Waals surface area (Å²) in [4.78, 5) is 22.0. The second-order valence-electron chi connectivity index (χ2n) is 3.54. The quantitative estimate of drug-likeness (QED) is 0.468. The van der Waals surface area contributed by atoms with Crippen molar-refractivity contribution in [3.05, 3.63) is 39.2 Å². The van der Waals surface area contributed by atoms with Gasteiger partial charge in [0.1, 0.15) is 5.02 Å². The average Bonchev–Trinajstić information content (AvgIpc) is 2.87. The topological polar surface area (TPSA) is 108 Å². The molecule has 0 aliphatic heterocycles. The molecule has 1 heterocycles. The molecular formula is C11H8ClN3O5S. The van der Waals surface area contributed by atoms with Crippen LogP contribution in [0.4, 0.5) is 5.69 Å². The highest BCUT2D eigenvalue weighted by Crippen LogP contribution is 2.38. The number of para-hydroxylation sites is 1. The first-order valence-electron chi connectivity index (χ1n) is 5.64. The minimum absolute atomic E-state index is 0.00451. The van der Waals surface area contributed by atoms with Gasteiger partial charge in [0, 0.05) is 0 Å². The van der Waals surface area contributed by atoms with E-state index in [-0.39, 0.29) is 33.3 Å². The Balaban J connectivity index is 2.25. The van der Waals surface area contributed by atoms with Gasteiger partial charge in [-0.15, -0.1) is 5.10 Å². The van der Waals surface area contributed by atoms with Gasteiger partial charge in [-0.05, 0) is 30.8 Å². The molecule has 2 aromatic rings. The number of carbonyl (C=O) groups is 1. The van der Waals surface area contributed by atoms with E-state index in [1.807, 2.05) is 0 Å². The van der Waals surface area contributed by atoms with Crippen molar-refractivity contribution in [3.63, 3.8) is 0 Å². The molecule has 2 rings (SSSR count). The van der Waals surface area contributed by atoms with Crippen LogP contribution in [0.5, 0.6) is 0 Å². The van der Waals surface area contributed by atoms with Crippen LogP contribution in [0.2, 0.25) is 5.02 Å². The third-order valence-corrected chi connectivity index (χ3v) is 3.38. The Morgan fingerprint density at radius 1 is 1.52 bits per heavy atom. The number of esters is 1. The Kier molecular flexibility index (Phi) is 4.76. The van der Waals surface area contributed by atoms with Gasteiger partial charge in [-0.2, -0.15) is 0 Å². The number of nitro groups is 1. The molecule has 0 amide bonds. The molecule has 0 saturated heterocycles. The summed E-state index contributed by atoms with van der Waals surface area (Å²) in [5.74, 6) is -1.07. The molecule has 0 aliphatic rings. The molecule has 0 unspecified atom stereocenters. The molecule has 8 nitrogen and oxygen atoms in total. The zero-order valence-corrected chi connectivity index (χ0v) is 12.2. The van der Waals surface area contributed by atoms with Crippen molar-refractivity contribution in [3.8, 4) is 0 Å². The largest absolute Gasteiger partial charge is 0.459 e. The van der Waals surface area contributed by atoms with E-state index in [4.69, 9.17) is 20.8 Å². The Morgan fingerprint density at radius 3 is 2.95 bits per heavy atom. The minimum atomic E-state index is -0.752. The smallest absolute Gasteiger partial charge is 0.396 e. The number of aromatic nitrogens is 2. The van der Waals surface area contributed by atoms with E-state index in [0.29, 0.717) is 0 Å². The van der Waals surface area contributed by atoms with Gasteiger partial charge in [0.15, 0.2) is 0 Å². The van der Waals surface area contributed by atoms with Gasteiger partial charge in [-0.3, -0.25) is 10.1 Å². The molecule has 0 bridgehead atoms. The van der Waals surface area contributed by atoms with E-state index in [9.17, 15) is 14.9 Å². The number of hydrogen-bond donors (Lipinski definition) is 0. The van der Waals surface area contributed by atoms with Crippen LogP contribution >= 0.6 is 23.4 Å². The molecule has 0 fully saturated rings. The molecule has 1 aromatic heterocycles. The Bertz CT molecular complexity index is 690. The van der Waals surface area contributed by atoms with Crippen LogP contribution in [0.1, 0.15) is 17.6 Å². The number of hydrogen-bond acceptors (Lipinski definition) is 8. The van der Waals surface area contributed by atoms with E-state index in [0.717, 1.165) is 11.8 Å². The van der Waals surface area contributed by atoms with Gasteiger partial charge in [-0.1, -0.05) is 22.8 Å². The number of nitrogens with zero attached hydrogens (tertiary/aromatic N) is 3. The SMILES string of the molecule is CCOC(=O)c1nnc(Sc2cccc(Cl)c2[N+](=O)[O-])o1. The molecule has 0 radical (unpaired) electrons. The summed E-state index contributed by atoms with van der Waals surface area (Å²) in [5.41, 5.74) is -0.264. The summed E-state index contributed by atoms with van der Waals surface area (Å²) in [6.45, 7) is 1.81. The second-order valence-corrected chi connectivity index (χ2v) is 4.94. The zero-order valence-electron chi connectivity index (χ0n) is 10.6. The predicted molar refractivity (Wildman–Crippen MR) is 72.5 cm³/mol. The van der Waals surface area contributed by atoms with E-state index in [2.05, 4.69) is 10.2 Å².